The van der Waals surface area contributed by atoms with Crippen molar-refractivity contribution in [3.63, 3.8) is 0 Å². The summed E-state index contributed by atoms with van der Waals surface area (Å²) in [5.74, 6) is -0.513. The summed E-state index contributed by atoms with van der Waals surface area (Å²) in [5.41, 5.74) is 0. The molecule has 0 aromatic carbocycles. The molecule has 0 saturated carbocycles. The average molecular weight is 266 g/mol. The van der Waals surface area contributed by atoms with Gasteiger partial charge in [-0.15, -0.1) is 0 Å². The predicted molar refractivity (Wildman–Crippen MR) is 57.9 cm³/mol. The first-order valence-electron chi connectivity index (χ1n) is 4.61. The van der Waals surface area contributed by atoms with Crippen LogP contribution in [0.5, 0.6) is 0 Å². The van der Waals surface area contributed by atoms with Gasteiger partial charge in [0.05, 0.1) is 17.7 Å². The van der Waals surface area contributed by atoms with Gasteiger partial charge in [-0.05, 0) is 11.6 Å². The van der Waals surface area contributed by atoms with E-state index in [9.17, 15) is 12.8 Å². The van der Waals surface area contributed by atoms with Crippen molar-refractivity contribution in [2.24, 2.45) is 0 Å². The Balaban J connectivity index is 2.23. The molecule has 1 fully saturated rings. The first kappa shape index (κ1) is 11.5. The summed E-state index contributed by atoms with van der Waals surface area (Å²) >= 11 is 5.56. The minimum absolute atomic E-state index is 0.00800. The van der Waals surface area contributed by atoms with Crippen molar-refractivity contribution < 1.29 is 12.8 Å². The zero-order chi connectivity index (χ0) is 11.8. The lowest BCUT2D eigenvalue weighted by Gasteiger charge is -2.27. The Bertz CT molecular complexity index is 494. The molecular formula is C8H9ClFN3O2S. The van der Waals surface area contributed by atoms with E-state index in [1.54, 1.807) is 4.90 Å². The minimum atomic E-state index is -2.99. The predicted octanol–water partition coefficient (Wildman–Crippen LogP) is 0.504. The second-order valence-corrected chi connectivity index (χ2v) is 6.09. The highest BCUT2D eigenvalue weighted by atomic mass is 35.5. The molecule has 0 unspecified atom stereocenters. The van der Waals surface area contributed by atoms with E-state index < -0.39 is 15.7 Å². The number of anilines is 1. The van der Waals surface area contributed by atoms with Gasteiger partial charge in [0.2, 0.25) is 5.28 Å². The third kappa shape index (κ3) is 2.41. The van der Waals surface area contributed by atoms with Gasteiger partial charge in [0, 0.05) is 13.1 Å². The monoisotopic (exact) mass is 265 g/mol. The minimum Gasteiger partial charge on any atom is -0.352 e. The second-order valence-electron chi connectivity index (χ2n) is 3.45. The molecule has 0 bridgehead atoms. The molecule has 1 aromatic rings. The maximum Gasteiger partial charge on any atom is 0.224 e. The van der Waals surface area contributed by atoms with Gasteiger partial charge in [-0.1, -0.05) is 0 Å². The highest BCUT2D eigenvalue weighted by molar-refractivity contribution is 7.91. The Morgan fingerprint density at radius 1 is 1.38 bits per heavy atom. The van der Waals surface area contributed by atoms with Crippen molar-refractivity contribution in [1.29, 1.82) is 0 Å². The maximum absolute atomic E-state index is 13.4. The molecule has 8 heteroatoms. The topological polar surface area (TPSA) is 63.2 Å². The Hall–Kier alpha value is -0.950. The lowest BCUT2D eigenvalue weighted by molar-refractivity contribution is 0.577. The zero-order valence-electron chi connectivity index (χ0n) is 8.23. The molecule has 0 radical (unpaired) electrons. The highest BCUT2D eigenvalue weighted by Gasteiger charge is 2.24. The van der Waals surface area contributed by atoms with Crippen molar-refractivity contribution in [1.82, 2.24) is 9.97 Å². The van der Waals surface area contributed by atoms with Gasteiger partial charge in [0.1, 0.15) is 0 Å². The molecule has 0 N–H and O–H groups in total. The quantitative estimate of drug-likeness (QED) is 0.692. The molecule has 0 atom stereocenters. The Morgan fingerprint density at radius 2 is 2.00 bits per heavy atom. The number of hydrogen-bond donors (Lipinski definition) is 0. The fourth-order valence-corrected chi connectivity index (χ4v) is 2.81. The van der Waals surface area contributed by atoms with Crippen LogP contribution in [0.2, 0.25) is 5.28 Å². The molecule has 16 heavy (non-hydrogen) atoms. The van der Waals surface area contributed by atoms with Crippen LogP contribution in [0.3, 0.4) is 0 Å². The molecule has 1 aliphatic heterocycles. The van der Waals surface area contributed by atoms with Gasteiger partial charge in [-0.3, -0.25) is 0 Å². The van der Waals surface area contributed by atoms with Crippen LogP contribution < -0.4 is 4.90 Å². The smallest absolute Gasteiger partial charge is 0.224 e. The van der Waals surface area contributed by atoms with Crippen LogP contribution in [0.4, 0.5) is 10.2 Å². The average Bonchev–Trinajstić information content (AvgIpc) is 2.22. The van der Waals surface area contributed by atoms with E-state index in [1.807, 2.05) is 0 Å². The number of aromatic nitrogens is 2. The van der Waals surface area contributed by atoms with E-state index in [0.29, 0.717) is 0 Å². The summed E-state index contributed by atoms with van der Waals surface area (Å²) in [4.78, 5) is 8.81. The van der Waals surface area contributed by atoms with Crippen LogP contribution in [-0.4, -0.2) is 43.0 Å². The van der Waals surface area contributed by atoms with Gasteiger partial charge in [-0.25, -0.2) is 17.8 Å². The van der Waals surface area contributed by atoms with Crippen LogP contribution in [0, 0.1) is 5.82 Å². The molecule has 88 valence electrons. The number of sulfone groups is 1. The molecule has 0 spiro atoms. The lowest BCUT2D eigenvalue weighted by Crippen LogP contribution is -2.41. The molecule has 2 heterocycles. The zero-order valence-corrected chi connectivity index (χ0v) is 9.80. The van der Waals surface area contributed by atoms with Crippen molar-refractivity contribution in [2.75, 3.05) is 29.5 Å². The van der Waals surface area contributed by atoms with E-state index in [1.165, 1.54) is 0 Å². The summed E-state index contributed by atoms with van der Waals surface area (Å²) in [5, 5.41) is -0.0511. The third-order valence-electron chi connectivity index (χ3n) is 2.34. The molecule has 5 nitrogen and oxygen atoms in total. The maximum atomic E-state index is 13.4. The first-order valence-corrected chi connectivity index (χ1v) is 6.81. The third-order valence-corrected chi connectivity index (χ3v) is 4.13. The molecule has 1 aromatic heterocycles. The Labute approximate surface area is 97.2 Å². The highest BCUT2D eigenvalue weighted by Crippen LogP contribution is 2.19. The van der Waals surface area contributed by atoms with E-state index in [-0.39, 0.29) is 35.7 Å². The van der Waals surface area contributed by atoms with Crippen LogP contribution in [0.25, 0.3) is 0 Å². The molecule has 0 amide bonds. The van der Waals surface area contributed by atoms with E-state index in [2.05, 4.69) is 9.97 Å². The Kier molecular flexibility index (Phi) is 2.98. The first-order chi connectivity index (χ1) is 7.48. The molecular weight excluding hydrogens is 257 g/mol. The van der Waals surface area contributed by atoms with Crippen molar-refractivity contribution in [3.8, 4) is 0 Å². The van der Waals surface area contributed by atoms with Crippen molar-refractivity contribution in [2.45, 2.75) is 0 Å². The molecule has 1 saturated heterocycles. The van der Waals surface area contributed by atoms with Crippen LogP contribution in [-0.2, 0) is 9.84 Å². The number of hydrogen-bond acceptors (Lipinski definition) is 5. The summed E-state index contributed by atoms with van der Waals surface area (Å²) in [6.07, 6.45) is 0.980. The number of halogens is 2. The normalized spacial score (nSPS) is 19.8. The van der Waals surface area contributed by atoms with Gasteiger partial charge >= 0.3 is 0 Å². The SMILES string of the molecule is O=S1(=O)CCN(c2nc(Cl)ncc2F)CC1. The molecule has 2 rings (SSSR count). The van der Waals surface area contributed by atoms with Gasteiger partial charge in [-0.2, -0.15) is 4.98 Å². The number of rotatable bonds is 1. The van der Waals surface area contributed by atoms with Crippen molar-refractivity contribution in [3.05, 3.63) is 17.3 Å². The Morgan fingerprint density at radius 3 is 2.62 bits per heavy atom. The van der Waals surface area contributed by atoms with Crippen LogP contribution in [0.1, 0.15) is 0 Å². The standard InChI is InChI=1S/C8H9ClFN3O2S/c9-8-11-5-6(10)7(12-8)13-1-3-16(14,15)4-2-13/h5H,1-4H2. The van der Waals surface area contributed by atoms with Crippen molar-refractivity contribution >= 4 is 27.3 Å². The fraction of sp³-hybridized carbons (Fsp3) is 0.500. The van der Waals surface area contributed by atoms with Crippen LogP contribution in [0.15, 0.2) is 6.20 Å². The van der Waals surface area contributed by atoms with Gasteiger partial charge < -0.3 is 4.90 Å². The van der Waals surface area contributed by atoms with E-state index >= 15 is 0 Å². The van der Waals surface area contributed by atoms with Crippen LogP contribution >= 0.6 is 11.6 Å². The molecule has 0 aliphatic carbocycles. The van der Waals surface area contributed by atoms with E-state index in [0.717, 1.165) is 6.20 Å². The summed E-state index contributed by atoms with van der Waals surface area (Å²) in [6.45, 7) is 0.458. The largest absolute Gasteiger partial charge is 0.352 e. The summed E-state index contributed by atoms with van der Waals surface area (Å²) in [7, 11) is -2.99. The van der Waals surface area contributed by atoms with E-state index in [4.69, 9.17) is 11.6 Å². The van der Waals surface area contributed by atoms with Gasteiger partial charge in [0.15, 0.2) is 21.5 Å². The second kappa shape index (κ2) is 4.14. The lowest BCUT2D eigenvalue weighted by atomic mass is 10.4. The summed E-state index contributed by atoms with van der Waals surface area (Å²) in [6, 6.07) is 0. The number of nitrogens with zero attached hydrogens (tertiary/aromatic N) is 3. The molecule has 1 aliphatic rings. The summed E-state index contributed by atoms with van der Waals surface area (Å²) < 4.78 is 35.8. The van der Waals surface area contributed by atoms with Gasteiger partial charge in [0.25, 0.3) is 0 Å². The fourth-order valence-electron chi connectivity index (χ4n) is 1.48.